The molecule has 0 amide bonds. The predicted molar refractivity (Wildman–Crippen MR) is 75.4 cm³/mol. The molecule has 0 saturated heterocycles. The van der Waals surface area contributed by atoms with Crippen molar-refractivity contribution in [2.24, 2.45) is 0 Å². The molecular weight excluding hydrogens is 239 g/mol. The Bertz CT molecular complexity index is 582. The van der Waals surface area contributed by atoms with Crippen molar-refractivity contribution in [1.82, 2.24) is 0 Å². The molecular formula is C17H15FO. The van der Waals surface area contributed by atoms with Gasteiger partial charge in [-0.25, -0.2) is 4.39 Å². The van der Waals surface area contributed by atoms with Gasteiger partial charge in [0, 0.05) is 5.56 Å². The van der Waals surface area contributed by atoms with Gasteiger partial charge < -0.3 is 0 Å². The molecule has 0 aliphatic carbocycles. The minimum Gasteiger partial charge on any atom is -0.289 e. The number of carbonyl (C=O) groups is 1. The second-order valence-corrected chi connectivity index (χ2v) is 4.26. The molecule has 0 unspecified atom stereocenters. The molecule has 2 aromatic carbocycles. The molecule has 0 heterocycles. The first-order chi connectivity index (χ1) is 9.20. The second kappa shape index (κ2) is 6.10. The number of carbonyl (C=O) groups excluding carboxylic acids is 1. The highest BCUT2D eigenvalue weighted by molar-refractivity contribution is 6.08. The lowest BCUT2D eigenvalue weighted by molar-refractivity contribution is 0.104. The molecule has 1 nitrogen and oxygen atoms in total. The van der Waals surface area contributed by atoms with Crippen LogP contribution < -0.4 is 0 Å². The predicted octanol–water partition coefficient (Wildman–Crippen LogP) is 4.50. The Morgan fingerprint density at radius 1 is 1.00 bits per heavy atom. The van der Waals surface area contributed by atoms with Crippen LogP contribution in [0.2, 0.25) is 0 Å². The van der Waals surface area contributed by atoms with Crippen molar-refractivity contribution in [2.45, 2.75) is 13.3 Å². The smallest absolute Gasteiger partial charge is 0.186 e. The van der Waals surface area contributed by atoms with Crippen molar-refractivity contribution in [2.75, 3.05) is 0 Å². The lowest BCUT2D eigenvalue weighted by atomic mass is 10.00. The third-order valence-electron chi connectivity index (χ3n) is 2.96. The van der Waals surface area contributed by atoms with Gasteiger partial charge in [-0.15, -0.1) is 0 Å². The zero-order valence-electron chi connectivity index (χ0n) is 10.8. The highest BCUT2D eigenvalue weighted by Crippen LogP contribution is 2.19. The summed E-state index contributed by atoms with van der Waals surface area (Å²) < 4.78 is 12.9. The van der Waals surface area contributed by atoms with E-state index in [1.54, 1.807) is 30.3 Å². The molecule has 96 valence electrons. The van der Waals surface area contributed by atoms with Gasteiger partial charge in [-0.3, -0.25) is 4.79 Å². The summed E-state index contributed by atoms with van der Waals surface area (Å²) in [5.41, 5.74) is 2.46. The Morgan fingerprint density at radius 3 is 2.21 bits per heavy atom. The molecule has 0 radical (unpaired) electrons. The Morgan fingerprint density at radius 2 is 1.63 bits per heavy atom. The molecule has 0 fully saturated rings. The van der Waals surface area contributed by atoms with Gasteiger partial charge in [-0.2, -0.15) is 0 Å². The molecule has 19 heavy (non-hydrogen) atoms. The first-order valence-corrected chi connectivity index (χ1v) is 6.26. The van der Waals surface area contributed by atoms with E-state index in [1.165, 1.54) is 12.1 Å². The molecule has 0 atom stereocenters. The molecule has 0 aromatic heterocycles. The van der Waals surface area contributed by atoms with Gasteiger partial charge >= 0.3 is 0 Å². The van der Waals surface area contributed by atoms with Gasteiger partial charge in [0.1, 0.15) is 5.82 Å². The molecule has 0 saturated carbocycles. The van der Waals surface area contributed by atoms with Crippen LogP contribution in [0.15, 0.2) is 60.7 Å². The maximum atomic E-state index is 12.9. The number of rotatable bonds is 4. The zero-order valence-corrected chi connectivity index (χ0v) is 10.8. The van der Waals surface area contributed by atoms with Gasteiger partial charge in [0.15, 0.2) is 5.78 Å². The lowest BCUT2D eigenvalue weighted by Crippen LogP contribution is -1.96. The Labute approximate surface area is 112 Å². The maximum absolute atomic E-state index is 12.9. The molecule has 2 rings (SSSR count). The van der Waals surface area contributed by atoms with Crippen LogP contribution in [0.25, 0.3) is 5.57 Å². The lowest BCUT2D eigenvalue weighted by Gasteiger charge is -2.05. The third-order valence-corrected chi connectivity index (χ3v) is 2.96. The van der Waals surface area contributed by atoms with Crippen LogP contribution in [0.4, 0.5) is 4.39 Å². The van der Waals surface area contributed by atoms with Crippen LogP contribution in [0.1, 0.15) is 29.3 Å². The summed E-state index contributed by atoms with van der Waals surface area (Å²) in [4.78, 5) is 12.1. The van der Waals surface area contributed by atoms with Crippen molar-refractivity contribution < 1.29 is 9.18 Å². The van der Waals surface area contributed by atoms with Crippen LogP contribution in [0.5, 0.6) is 0 Å². The summed E-state index contributed by atoms with van der Waals surface area (Å²) in [6.07, 6.45) is 2.35. The van der Waals surface area contributed by atoms with E-state index in [0.717, 1.165) is 17.6 Å². The molecule has 0 aliphatic heterocycles. The van der Waals surface area contributed by atoms with Gasteiger partial charge in [-0.1, -0.05) is 49.4 Å². The number of hydrogen-bond donors (Lipinski definition) is 0. The summed E-state index contributed by atoms with van der Waals surface area (Å²) in [7, 11) is 0. The number of halogens is 1. The van der Waals surface area contributed by atoms with Gasteiger partial charge in [-0.05, 0) is 35.8 Å². The quantitative estimate of drug-likeness (QED) is 0.580. The highest BCUT2D eigenvalue weighted by atomic mass is 19.1. The van der Waals surface area contributed by atoms with Crippen molar-refractivity contribution in [1.29, 1.82) is 0 Å². The minimum absolute atomic E-state index is 0.0261. The van der Waals surface area contributed by atoms with Crippen LogP contribution in [-0.2, 0) is 0 Å². The Kier molecular flexibility index (Phi) is 4.24. The van der Waals surface area contributed by atoms with Crippen LogP contribution in [-0.4, -0.2) is 5.78 Å². The van der Waals surface area contributed by atoms with E-state index in [1.807, 2.05) is 25.1 Å². The van der Waals surface area contributed by atoms with E-state index in [0.29, 0.717) is 5.56 Å². The monoisotopic (exact) mass is 254 g/mol. The Balaban J connectivity index is 2.29. The van der Waals surface area contributed by atoms with E-state index in [9.17, 15) is 9.18 Å². The molecule has 2 heteroatoms. The summed E-state index contributed by atoms with van der Waals surface area (Å²) in [6.45, 7) is 1.98. The Hall–Kier alpha value is -2.22. The average molecular weight is 254 g/mol. The van der Waals surface area contributed by atoms with Gasteiger partial charge in [0.2, 0.25) is 0 Å². The fraction of sp³-hybridized carbons (Fsp3) is 0.118. The van der Waals surface area contributed by atoms with Crippen LogP contribution >= 0.6 is 0 Å². The van der Waals surface area contributed by atoms with Gasteiger partial charge in [0.25, 0.3) is 0 Å². The molecule has 2 aromatic rings. The topological polar surface area (TPSA) is 17.1 Å². The summed E-state index contributed by atoms with van der Waals surface area (Å²) in [5, 5.41) is 0. The molecule has 0 N–H and O–H groups in total. The fourth-order valence-corrected chi connectivity index (χ4v) is 1.90. The van der Waals surface area contributed by atoms with Crippen molar-refractivity contribution in [3.8, 4) is 0 Å². The number of ketones is 1. The van der Waals surface area contributed by atoms with E-state index in [4.69, 9.17) is 0 Å². The fourth-order valence-electron chi connectivity index (χ4n) is 1.90. The molecule has 0 aliphatic rings. The first kappa shape index (κ1) is 13.2. The van der Waals surface area contributed by atoms with Crippen molar-refractivity contribution >= 4 is 11.4 Å². The SMILES string of the molecule is CC/C(=C\C(=O)c1ccccc1)c1ccc(F)cc1. The second-order valence-electron chi connectivity index (χ2n) is 4.26. The summed E-state index contributed by atoms with van der Waals surface area (Å²) in [5.74, 6) is -0.296. The first-order valence-electron chi connectivity index (χ1n) is 6.26. The normalized spacial score (nSPS) is 11.4. The van der Waals surface area contributed by atoms with Crippen molar-refractivity contribution in [3.05, 3.63) is 77.6 Å². The molecule has 0 bridgehead atoms. The van der Waals surface area contributed by atoms with E-state index in [-0.39, 0.29) is 11.6 Å². The average Bonchev–Trinajstić information content (AvgIpc) is 2.46. The summed E-state index contributed by atoms with van der Waals surface area (Å²) >= 11 is 0. The number of allylic oxidation sites excluding steroid dienone is 2. The maximum Gasteiger partial charge on any atom is 0.186 e. The molecule has 0 spiro atoms. The van der Waals surface area contributed by atoms with E-state index < -0.39 is 0 Å². The standard InChI is InChI=1S/C17H15FO/c1-2-13(14-8-10-16(18)11-9-14)12-17(19)15-6-4-3-5-7-15/h3-12H,2H2,1H3/b13-12+. The number of benzene rings is 2. The van der Waals surface area contributed by atoms with E-state index in [2.05, 4.69) is 0 Å². The third kappa shape index (κ3) is 3.38. The van der Waals surface area contributed by atoms with Crippen molar-refractivity contribution in [3.63, 3.8) is 0 Å². The van der Waals surface area contributed by atoms with E-state index >= 15 is 0 Å². The van der Waals surface area contributed by atoms with Crippen LogP contribution in [0, 0.1) is 5.82 Å². The number of hydrogen-bond acceptors (Lipinski definition) is 1. The highest BCUT2D eigenvalue weighted by Gasteiger charge is 2.05. The van der Waals surface area contributed by atoms with Crippen LogP contribution in [0.3, 0.4) is 0 Å². The summed E-state index contributed by atoms with van der Waals surface area (Å²) in [6, 6.07) is 15.3. The largest absolute Gasteiger partial charge is 0.289 e. The van der Waals surface area contributed by atoms with Gasteiger partial charge in [0.05, 0.1) is 0 Å². The minimum atomic E-state index is -0.270. The zero-order chi connectivity index (χ0) is 13.7.